The van der Waals surface area contributed by atoms with Crippen LogP contribution in [-0.2, 0) is 4.74 Å². The highest BCUT2D eigenvalue weighted by atomic mass is 32.1. The van der Waals surface area contributed by atoms with Gasteiger partial charge in [-0.3, -0.25) is 0 Å². The summed E-state index contributed by atoms with van der Waals surface area (Å²) in [6.07, 6.45) is 3.74. The average molecular weight is 236 g/mol. The van der Waals surface area contributed by atoms with Crippen LogP contribution in [0.25, 0.3) is 0 Å². The molecule has 1 heterocycles. The van der Waals surface area contributed by atoms with Gasteiger partial charge in [0.2, 0.25) is 0 Å². The zero-order valence-corrected chi connectivity index (χ0v) is 9.63. The highest BCUT2D eigenvalue weighted by Gasteiger charge is 2.35. The molecule has 0 aromatic carbocycles. The molecule has 84 valence electrons. The summed E-state index contributed by atoms with van der Waals surface area (Å²) in [5.41, 5.74) is 1.47. The fourth-order valence-corrected chi connectivity index (χ4v) is 2.45. The van der Waals surface area contributed by atoms with E-state index in [4.69, 9.17) is 10.00 Å². The average Bonchev–Trinajstić information content (AvgIpc) is 2.98. The number of rotatable bonds is 3. The number of hydrogen-bond acceptors (Lipinski definition) is 5. The lowest BCUT2D eigenvalue weighted by Gasteiger charge is -2.18. The van der Waals surface area contributed by atoms with Crippen LogP contribution in [0.15, 0.2) is 10.9 Å². The molecule has 0 atom stereocenters. The zero-order chi connectivity index (χ0) is 11.4. The van der Waals surface area contributed by atoms with E-state index in [2.05, 4.69) is 11.1 Å². The van der Waals surface area contributed by atoms with Crippen LogP contribution < -0.4 is 0 Å². The molecule has 0 radical (unpaired) electrons. The molecule has 0 aliphatic heterocycles. The molecule has 1 aliphatic rings. The summed E-state index contributed by atoms with van der Waals surface area (Å²) >= 11 is 1.35. The Morgan fingerprint density at radius 2 is 2.38 bits per heavy atom. The summed E-state index contributed by atoms with van der Waals surface area (Å²) in [5, 5.41) is 10.8. The number of carbonyl (C=O) groups is 1. The minimum absolute atomic E-state index is 0.194. The molecule has 0 N–H and O–H groups in total. The summed E-state index contributed by atoms with van der Waals surface area (Å²) in [7, 11) is 0. The minimum Gasteiger partial charge on any atom is -0.459 e. The fourth-order valence-electron chi connectivity index (χ4n) is 1.93. The quantitative estimate of drug-likeness (QED) is 0.756. The van der Waals surface area contributed by atoms with Crippen molar-refractivity contribution < 1.29 is 9.53 Å². The molecule has 0 bridgehead atoms. The molecule has 1 aromatic rings. The van der Waals surface area contributed by atoms with Crippen molar-refractivity contribution in [2.75, 3.05) is 6.61 Å². The Labute approximate surface area is 97.9 Å². The normalized spacial score (nSPS) is 17.9. The van der Waals surface area contributed by atoms with Crippen molar-refractivity contribution in [3.63, 3.8) is 0 Å². The first-order chi connectivity index (χ1) is 7.76. The van der Waals surface area contributed by atoms with Crippen molar-refractivity contribution in [1.82, 2.24) is 4.98 Å². The molecule has 0 amide bonds. The van der Waals surface area contributed by atoms with Gasteiger partial charge in [-0.2, -0.15) is 5.26 Å². The molecule has 1 aromatic heterocycles. The van der Waals surface area contributed by atoms with Crippen molar-refractivity contribution in [1.29, 1.82) is 5.26 Å². The van der Waals surface area contributed by atoms with Crippen LogP contribution in [0, 0.1) is 16.7 Å². The minimum atomic E-state index is -0.453. The first kappa shape index (κ1) is 11.1. The Morgan fingerprint density at radius 3 is 2.94 bits per heavy atom. The molecule has 0 spiro atoms. The third-order valence-electron chi connectivity index (χ3n) is 2.92. The van der Waals surface area contributed by atoms with Crippen LogP contribution in [0.3, 0.4) is 0 Å². The van der Waals surface area contributed by atoms with Crippen LogP contribution in [0.2, 0.25) is 0 Å². The Kier molecular flexibility index (Phi) is 3.20. The second-order valence-electron chi connectivity index (χ2n) is 4.05. The van der Waals surface area contributed by atoms with E-state index in [9.17, 15) is 4.79 Å². The number of carbonyl (C=O) groups excluding carboxylic acids is 1. The molecule has 1 aliphatic carbocycles. The van der Waals surface area contributed by atoms with Crippen molar-refractivity contribution in [2.24, 2.45) is 5.41 Å². The highest BCUT2D eigenvalue weighted by Crippen LogP contribution is 2.37. The summed E-state index contributed by atoms with van der Waals surface area (Å²) < 4.78 is 5.15. The Bertz CT molecular complexity index is 402. The topological polar surface area (TPSA) is 63.0 Å². The molecule has 0 saturated heterocycles. The van der Waals surface area contributed by atoms with Crippen molar-refractivity contribution in [2.45, 2.75) is 25.7 Å². The van der Waals surface area contributed by atoms with Gasteiger partial charge in [0, 0.05) is 5.38 Å². The van der Waals surface area contributed by atoms with Gasteiger partial charge in [0.1, 0.15) is 6.61 Å². The number of hydrogen-bond donors (Lipinski definition) is 0. The van der Waals surface area contributed by atoms with Gasteiger partial charge in [0.15, 0.2) is 5.69 Å². The van der Waals surface area contributed by atoms with Gasteiger partial charge in [-0.25, -0.2) is 9.78 Å². The van der Waals surface area contributed by atoms with Crippen molar-refractivity contribution in [3.8, 4) is 6.07 Å². The van der Waals surface area contributed by atoms with Gasteiger partial charge in [0.25, 0.3) is 0 Å². The smallest absolute Gasteiger partial charge is 0.357 e. The highest BCUT2D eigenvalue weighted by molar-refractivity contribution is 7.07. The van der Waals surface area contributed by atoms with E-state index >= 15 is 0 Å². The number of nitrogens with zero attached hydrogens (tertiary/aromatic N) is 2. The second-order valence-corrected chi connectivity index (χ2v) is 4.77. The predicted molar refractivity (Wildman–Crippen MR) is 58.9 cm³/mol. The van der Waals surface area contributed by atoms with Gasteiger partial charge in [0.05, 0.1) is 17.0 Å². The standard InChI is InChI=1S/C11H12N2O2S/c12-6-11(3-1-2-4-11)7-15-10(14)9-5-16-8-13-9/h5,8H,1-4,7H2. The van der Waals surface area contributed by atoms with E-state index in [0.717, 1.165) is 25.7 Å². The first-order valence-electron chi connectivity index (χ1n) is 5.22. The SMILES string of the molecule is N#CC1(COC(=O)c2cscn2)CCCC1. The van der Waals surface area contributed by atoms with E-state index in [0.29, 0.717) is 5.69 Å². The summed E-state index contributed by atoms with van der Waals surface area (Å²) in [6.45, 7) is 0.194. The summed E-state index contributed by atoms with van der Waals surface area (Å²) in [6, 6.07) is 2.28. The molecule has 2 rings (SSSR count). The largest absolute Gasteiger partial charge is 0.459 e. The maximum absolute atomic E-state index is 11.5. The zero-order valence-electron chi connectivity index (χ0n) is 8.81. The monoisotopic (exact) mass is 236 g/mol. The number of aromatic nitrogens is 1. The molecule has 5 heteroatoms. The van der Waals surface area contributed by atoms with Gasteiger partial charge >= 0.3 is 5.97 Å². The summed E-state index contributed by atoms with van der Waals surface area (Å²) in [4.78, 5) is 15.4. The van der Waals surface area contributed by atoms with Crippen molar-refractivity contribution in [3.05, 3.63) is 16.6 Å². The molecule has 1 fully saturated rings. The van der Waals surface area contributed by atoms with Gasteiger partial charge in [-0.1, -0.05) is 12.8 Å². The lowest BCUT2D eigenvalue weighted by Crippen LogP contribution is -2.23. The third kappa shape index (κ3) is 2.22. The Balaban J connectivity index is 1.92. The molecule has 0 unspecified atom stereocenters. The maximum atomic E-state index is 11.5. The second kappa shape index (κ2) is 4.62. The third-order valence-corrected chi connectivity index (χ3v) is 3.51. The number of ether oxygens (including phenoxy) is 1. The maximum Gasteiger partial charge on any atom is 0.357 e. The number of thiazole rings is 1. The predicted octanol–water partition coefficient (Wildman–Crippen LogP) is 2.38. The fraction of sp³-hybridized carbons (Fsp3) is 0.545. The van der Waals surface area contributed by atoms with Crippen LogP contribution in [-0.4, -0.2) is 17.6 Å². The van der Waals surface area contributed by atoms with Crippen LogP contribution in [0.4, 0.5) is 0 Å². The molecule has 16 heavy (non-hydrogen) atoms. The Hall–Kier alpha value is -1.41. The van der Waals surface area contributed by atoms with Crippen molar-refractivity contribution >= 4 is 17.3 Å². The van der Waals surface area contributed by atoms with Gasteiger partial charge in [-0.15, -0.1) is 11.3 Å². The van der Waals surface area contributed by atoms with Gasteiger partial charge < -0.3 is 4.74 Å². The number of esters is 1. The number of nitriles is 1. The van der Waals surface area contributed by atoms with Crippen LogP contribution in [0.5, 0.6) is 0 Å². The van der Waals surface area contributed by atoms with Crippen LogP contribution in [0.1, 0.15) is 36.2 Å². The summed E-state index contributed by atoms with van der Waals surface area (Å²) in [5.74, 6) is -0.428. The van der Waals surface area contributed by atoms with E-state index in [1.165, 1.54) is 11.3 Å². The molecular weight excluding hydrogens is 224 g/mol. The molecule has 4 nitrogen and oxygen atoms in total. The molecular formula is C11H12N2O2S. The lowest BCUT2D eigenvalue weighted by atomic mass is 9.89. The van der Waals surface area contributed by atoms with Gasteiger partial charge in [-0.05, 0) is 12.8 Å². The van der Waals surface area contributed by atoms with E-state index < -0.39 is 11.4 Å². The van der Waals surface area contributed by atoms with Crippen LogP contribution >= 0.6 is 11.3 Å². The van der Waals surface area contributed by atoms with E-state index in [1.54, 1.807) is 10.9 Å². The van der Waals surface area contributed by atoms with E-state index in [1.807, 2.05) is 0 Å². The Morgan fingerprint density at radius 1 is 1.62 bits per heavy atom. The molecule has 1 saturated carbocycles. The lowest BCUT2D eigenvalue weighted by molar-refractivity contribution is 0.0370. The first-order valence-corrected chi connectivity index (χ1v) is 6.17. The van der Waals surface area contributed by atoms with E-state index in [-0.39, 0.29) is 6.61 Å².